The molecule has 0 aliphatic rings. The van der Waals surface area contributed by atoms with Crippen molar-refractivity contribution >= 4 is 19.8 Å². The van der Waals surface area contributed by atoms with Gasteiger partial charge in [0.2, 0.25) is 0 Å². The summed E-state index contributed by atoms with van der Waals surface area (Å²) in [5.41, 5.74) is 0. The number of ether oxygens (including phenoxy) is 2. The van der Waals surface area contributed by atoms with Crippen LogP contribution in [-0.4, -0.2) is 52.3 Å². The summed E-state index contributed by atoms with van der Waals surface area (Å²) in [7, 11) is -4.80. The first kappa shape index (κ1) is 56.5. The van der Waals surface area contributed by atoms with Crippen molar-refractivity contribution in [3.05, 3.63) is 72.9 Å². The number of esters is 2. The first-order valence-electron chi connectivity index (χ1n) is 23.3. The number of phosphoric ester groups is 1. The van der Waals surface area contributed by atoms with Crippen LogP contribution in [0.15, 0.2) is 72.9 Å². The number of aliphatic hydroxyl groups is 1. The van der Waals surface area contributed by atoms with Crippen molar-refractivity contribution in [3.8, 4) is 0 Å². The quantitative estimate of drug-likeness (QED) is 0.0180. The molecule has 0 radical (unpaired) electrons. The lowest BCUT2D eigenvalue weighted by Crippen LogP contribution is -2.29. The summed E-state index contributed by atoms with van der Waals surface area (Å²) in [6.07, 6.45) is 53.8. The molecule has 3 N–H and O–H groups in total. The molecule has 10 heteroatoms. The predicted molar refractivity (Wildman–Crippen MR) is 245 cm³/mol. The third-order valence-corrected chi connectivity index (χ3v) is 10.3. The highest BCUT2D eigenvalue weighted by molar-refractivity contribution is 7.46. The van der Waals surface area contributed by atoms with Crippen LogP contribution in [-0.2, 0) is 28.2 Å². The van der Waals surface area contributed by atoms with Gasteiger partial charge in [-0.2, -0.15) is 0 Å². The second-order valence-corrected chi connectivity index (χ2v) is 16.8. The van der Waals surface area contributed by atoms with Gasteiger partial charge in [0.05, 0.1) is 12.7 Å². The van der Waals surface area contributed by atoms with Crippen LogP contribution in [0.4, 0.5) is 0 Å². The van der Waals surface area contributed by atoms with Gasteiger partial charge in [-0.3, -0.25) is 14.1 Å². The summed E-state index contributed by atoms with van der Waals surface area (Å²) in [6, 6.07) is 0. The molecule has 0 saturated heterocycles. The van der Waals surface area contributed by atoms with Crippen LogP contribution in [0.5, 0.6) is 0 Å². The Morgan fingerprint density at radius 1 is 0.542 bits per heavy atom. The van der Waals surface area contributed by atoms with E-state index in [0.29, 0.717) is 19.3 Å². The van der Waals surface area contributed by atoms with E-state index in [1.165, 1.54) is 109 Å². The van der Waals surface area contributed by atoms with Crippen molar-refractivity contribution in [1.29, 1.82) is 0 Å². The highest BCUT2D eigenvalue weighted by Gasteiger charge is 2.22. The average molecular weight is 849 g/mol. The third kappa shape index (κ3) is 46.4. The van der Waals surface area contributed by atoms with Gasteiger partial charge in [-0.1, -0.05) is 215 Å². The van der Waals surface area contributed by atoms with Crippen LogP contribution >= 0.6 is 7.82 Å². The summed E-state index contributed by atoms with van der Waals surface area (Å²) in [5, 5.41) is 10.2. The molecular weight excluding hydrogens is 764 g/mol. The third-order valence-electron chi connectivity index (χ3n) is 9.83. The summed E-state index contributed by atoms with van der Waals surface area (Å²) >= 11 is 0. The Morgan fingerprint density at radius 2 is 1.02 bits per heavy atom. The van der Waals surface area contributed by atoms with Gasteiger partial charge in [0.15, 0.2) is 6.10 Å². The van der Waals surface area contributed by atoms with Crippen LogP contribution in [0, 0.1) is 0 Å². The highest BCUT2D eigenvalue weighted by atomic mass is 31.2. The van der Waals surface area contributed by atoms with E-state index in [-0.39, 0.29) is 19.4 Å². The predicted octanol–water partition coefficient (Wildman–Crippen LogP) is 13.6. The Kier molecular flexibility index (Phi) is 41.7. The lowest BCUT2D eigenvalue weighted by atomic mass is 10.0. The Labute approximate surface area is 360 Å². The maximum atomic E-state index is 12.5. The average Bonchev–Trinajstić information content (AvgIpc) is 3.20. The van der Waals surface area contributed by atoms with Crippen molar-refractivity contribution in [3.63, 3.8) is 0 Å². The largest absolute Gasteiger partial charge is 0.469 e. The topological polar surface area (TPSA) is 140 Å². The van der Waals surface area contributed by atoms with Gasteiger partial charge in [-0.25, -0.2) is 4.57 Å². The van der Waals surface area contributed by atoms with E-state index in [2.05, 4.69) is 54.8 Å². The van der Waals surface area contributed by atoms with E-state index in [9.17, 15) is 19.3 Å². The van der Waals surface area contributed by atoms with E-state index in [1.54, 1.807) is 18.2 Å². The molecule has 0 amide bonds. The highest BCUT2D eigenvalue weighted by Crippen LogP contribution is 2.36. The van der Waals surface area contributed by atoms with Crippen molar-refractivity contribution in [2.75, 3.05) is 13.2 Å². The van der Waals surface area contributed by atoms with Gasteiger partial charge in [-0.05, 0) is 44.9 Å². The number of hydrogen-bond acceptors (Lipinski definition) is 7. The normalized spacial score (nSPS) is 13.6. The number of hydrogen-bond donors (Lipinski definition) is 3. The summed E-state index contributed by atoms with van der Waals surface area (Å²) in [6.45, 7) is 3.44. The van der Waals surface area contributed by atoms with Crippen molar-refractivity contribution < 1.29 is 43.0 Å². The van der Waals surface area contributed by atoms with Crippen LogP contribution in [0.2, 0.25) is 0 Å². The number of unbranched alkanes of at least 4 members (excludes halogenated alkanes) is 20. The summed E-state index contributed by atoms with van der Waals surface area (Å²) in [5.74, 6) is -1.06. The maximum Gasteiger partial charge on any atom is 0.469 e. The van der Waals surface area contributed by atoms with Crippen LogP contribution in [0.1, 0.15) is 200 Å². The van der Waals surface area contributed by atoms with E-state index in [4.69, 9.17) is 19.3 Å². The maximum absolute atomic E-state index is 12.5. The van der Waals surface area contributed by atoms with Gasteiger partial charge in [-0.15, -0.1) is 0 Å². The fourth-order valence-electron chi connectivity index (χ4n) is 6.37. The first-order valence-corrected chi connectivity index (χ1v) is 24.9. The molecule has 0 spiro atoms. The molecule has 0 saturated carbocycles. The number of carbonyl (C=O) groups excluding carboxylic acids is 2. The van der Waals surface area contributed by atoms with E-state index in [0.717, 1.165) is 44.9 Å². The van der Waals surface area contributed by atoms with Gasteiger partial charge in [0.25, 0.3) is 0 Å². The zero-order valence-corrected chi connectivity index (χ0v) is 38.1. The van der Waals surface area contributed by atoms with Gasteiger partial charge < -0.3 is 24.4 Å². The second kappa shape index (κ2) is 43.5. The number of carbonyl (C=O) groups is 2. The Balaban J connectivity index is 4.04. The van der Waals surface area contributed by atoms with Gasteiger partial charge >= 0.3 is 19.8 Å². The fourth-order valence-corrected chi connectivity index (χ4v) is 6.73. The molecular formula is C49H85O9P. The minimum atomic E-state index is -4.80. The van der Waals surface area contributed by atoms with Gasteiger partial charge in [0.1, 0.15) is 6.61 Å². The Morgan fingerprint density at radius 3 is 1.51 bits per heavy atom. The molecule has 0 aromatic carbocycles. The van der Waals surface area contributed by atoms with E-state index in [1.807, 2.05) is 18.2 Å². The minimum absolute atomic E-state index is 0.0594. The van der Waals surface area contributed by atoms with E-state index >= 15 is 0 Å². The van der Waals surface area contributed by atoms with Crippen LogP contribution in [0.3, 0.4) is 0 Å². The molecule has 0 aliphatic carbocycles. The SMILES string of the molecule is CC/C=C\C/C=C\C/C=C\C/C=C\C=C/C(O)C/C=C\CCC(=O)OC[C@H](COP(=O)(O)O)OC(=O)CCCCCCCCCCCCCCCCCCCCCCC. The molecule has 1 unspecified atom stereocenters. The van der Waals surface area contributed by atoms with Crippen molar-refractivity contribution in [1.82, 2.24) is 0 Å². The summed E-state index contributed by atoms with van der Waals surface area (Å²) in [4.78, 5) is 43.0. The molecule has 0 bridgehead atoms. The van der Waals surface area contributed by atoms with Crippen LogP contribution < -0.4 is 0 Å². The molecule has 0 heterocycles. The lowest BCUT2D eigenvalue weighted by Gasteiger charge is -2.18. The molecule has 59 heavy (non-hydrogen) atoms. The monoisotopic (exact) mass is 849 g/mol. The molecule has 9 nitrogen and oxygen atoms in total. The zero-order chi connectivity index (χ0) is 43.3. The fraction of sp³-hybridized carbons (Fsp3) is 0.714. The molecule has 0 rings (SSSR count). The minimum Gasteiger partial charge on any atom is -0.462 e. The Bertz CT molecular complexity index is 1200. The summed E-state index contributed by atoms with van der Waals surface area (Å²) < 4.78 is 26.3. The first-order chi connectivity index (χ1) is 28.7. The number of aliphatic hydroxyl groups excluding tert-OH is 1. The number of allylic oxidation sites excluding steroid dienone is 10. The molecule has 340 valence electrons. The number of rotatable bonds is 42. The van der Waals surface area contributed by atoms with E-state index < -0.39 is 38.6 Å². The zero-order valence-electron chi connectivity index (χ0n) is 37.2. The molecule has 0 aromatic heterocycles. The Hall–Kier alpha value is -2.55. The van der Waals surface area contributed by atoms with Gasteiger partial charge in [0, 0.05) is 12.8 Å². The number of phosphoric acid groups is 1. The molecule has 0 aromatic rings. The molecule has 2 atom stereocenters. The molecule has 0 aliphatic heterocycles. The molecule has 0 fully saturated rings. The van der Waals surface area contributed by atoms with Crippen molar-refractivity contribution in [2.45, 2.75) is 212 Å². The smallest absolute Gasteiger partial charge is 0.462 e. The standard InChI is InChI=1S/C49H85O9P/c1-3-5-7-9-11-13-15-17-18-19-20-21-22-23-24-26-28-30-32-34-38-43-49(52)58-47(45-57-59(53,54)55)44-56-48(51)42-39-35-37-41-46(50)40-36-33-31-29-27-25-16-14-12-10-8-6-4-2/h6,8,12,14,25,27,31,33,35-37,40,46-47,50H,3-5,7,9-11,13,15-24,26,28-30,32,34,38-39,41-45H2,1-2H3,(H2,53,54,55)/b8-6-,14-12-,27-25-,33-31-,37-35-,40-36-/t46?,47-/m1/s1. The lowest BCUT2D eigenvalue weighted by molar-refractivity contribution is -0.161. The second-order valence-electron chi connectivity index (χ2n) is 15.6. The van der Waals surface area contributed by atoms with Crippen molar-refractivity contribution in [2.24, 2.45) is 0 Å². The van der Waals surface area contributed by atoms with Crippen LogP contribution in [0.25, 0.3) is 0 Å².